The zero-order valence-electron chi connectivity index (χ0n) is 18.2. The maximum atomic E-state index is 13.1. The highest BCUT2D eigenvalue weighted by atomic mass is 16.3. The number of rotatable bonds is 4. The van der Waals surface area contributed by atoms with Gasteiger partial charge in [-0.2, -0.15) is 0 Å². The lowest BCUT2D eigenvalue weighted by Crippen LogP contribution is -2.51. The van der Waals surface area contributed by atoms with Crippen LogP contribution in [-0.2, 0) is 11.2 Å². The van der Waals surface area contributed by atoms with Gasteiger partial charge in [0.15, 0.2) is 0 Å². The first kappa shape index (κ1) is 21.4. The SMILES string of the molecule is CN1CCN(C(=O)C2CCN(C(=O)c3cc(Cc4ccccc4)ccc3O)CC2)CC1. The van der Waals surface area contributed by atoms with Crippen molar-refractivity contribution in [2.75, 3.05) is 46.3 Å². The maximum absolute atomic E-state index is 13.1. The van der Waals surface area contributed by atoms with Gasteiger partial charge in [0.25, 0.3) is 5.91 Å². The molecule has 4 rings (SSSR count). The average molecular weight is 422 g/mol. The number of hydrogen-bond donors (Lipinski definition) is 1. The van der Waals surface area contributed by atoms with Crippen LogP contribution in [0.4, 0.5) is 0 Å². The number of piperazine rings is 1. The minimum atomic E-state index is -0.155. The zero-order chi connectivity index (χ0) is 21.8. The number of carbonyl (C=O) groups excluding carboxylic acids is 2. The van der Waals surface area contributed by atoms with E-state index in [1.54, 1.807) is 17.0 Å². The summed E-state index contributed by atoms with van der Waals surface area (Å²) in [5.74, 6) is 0.0775. The Bertz CT molecular complexity index is 915. The largest absolute Gasteiger partial charge is 0.507 e. The standard InChI is InChI=1S/C25H31N3O3/c1-26-13-15-28(16-14-26)24(30)21-9-11-27(12-10-21)25(31)22-18-20(7-8-23(22)29)17-19-5-3-2-4-6-19/h2-8,18,21,29H,9-17H2,1H3. The van der Waals surface area contributed by atoms with Gasteiger partial charge in [0.2, 0.25) is 5.91 Å². The highest BCUT2D eigenvalue weighted by molar-refractivity contribution is 5.97. The third-order valence-corrected chi connectivity index (χ3v) is 6.49. The van der Waals surface area contributed by atoms with Gasteiger partial charge >= 0.3 is 0 Å². The van der Waals surface area contributed by atoms with Gasteiger partial charge in [0.1, 0.15) is 5.75 Å². The van der Waals surface area contributed by atoms with Gasteiger partial charge in [-0.3, -0.25) is 9.59 Å². The Morgan fingerprint density at radius 3 is 2.23 bits per heavy atom. The molecule has 2 aromatic rings. The summed E-state index contributed by atoms with van der Waals surface area (Å²) in [6.07, 6.45) is 2.08. The summed E-state index contributed by atoms with van der Waals surface area (Å²) in [5.41, 5.74) is 2.50. The molecule has 2 fully saturated rings. The normalized spacial score (nSPS) is 18.2. The van der Waals surface area contributed by atoms with Crippen molar-refractivity contribution in [1.82, 2.24) is 14.7 Å². The van der Waals surface area contributed by atoms with E-state index in [2.05, 4.69) is 24.1 Å². The highest BCUT2D eigenvalue weighted by Gasteiger charge is 2.32. The van der Waals surface area contributed by atoms with E-state index < -0.39 is 0 Å². The Balaban J connectivity index is 1.37. The molecule has 0 spiro atoms. The molecule has 0 unspecified atom stereocenters. The second kappa shape index (κ2) is 9.52. The molecule has 31 heavy (non-hydrogen) atoms. The quantitative estimate of drug-likeness (QED) is 0.824. The third kappa shape index (κ3) is 5.07. The number of hydrogen-bond acceptors (Lipinski definition) is 4. The van der Waals surface area contributed by atoms with Crippen LogP contribution < -0.4 is 0 Å². The number of aromatic hydroxyl groups is 1. The molecule has 2 aliphatic rings. The highest BCUT2D eigenvalue weighted by Crippen LogP contribution is 2.26. The Morgan fingerprint density at radius 1 is 0.871 bits per heavy atom. The van der Waals surface area contributed by atoms with Crippen molar-refractivity contribution in [2.24, 2.45) is 5.92 Å². The smallest absolute Gasteiger partial charge is 0.257 e. The molecule has 6 heteroatoms. The van der Waals surface area contributed by atoms with Crippen LogP contribution in [0.2, 0.25) is 0 Å². The molecule has 0 bridgehead atoms. The number of amides is 2. The molecule has 0 saturated carbocycles. The second-order valence-corrected chi connectivity index (χ2v) is 8.71. The van der Waals surface area contributed by atoms with E-state index in [1.165, 1.54) is 0 Å². The van der Waals surface area contributed by atoms with Crippen LogP contribution in [0.5, 0.6) is 5.75 Å². The number of benzene rings is 2. The van der Waals surface area contributed by atoms with Crippen LogP contribution in [0.25, 0.3) is 0 Å². The fraction of sp³-hybridized carbons (Fsp3) is 0.440. The van der Waals surface area contributed by atoms with Crippen LogP contribution in [0, 0.1) is 5.92 Å². The number of phenols is 1. The van der Waals surface area contributed by atoms with E-state index in [4.69, 9.17) is 0 Å². The van der Waals surface area contributed by atoms with Crippen molar-refractivity contribution in [1.29, 1.82) is 0 Å². The van der Waals surface area contributed by atoms with E-state index in [9.17, 15) is 14.7 Å². The van der Waals surface area contributed by atoms with Gasteiger partial charge < -0.3 is 19.8 Å². The summed E-state index contributed by atoms with van der Waals surface area (Å²) in [6.45, 7) is 4.51. The average Bonchev–Trinajstić information content (AvgIpc) is 2.81. The summed E-state index contributed by atoms with van der Waals surface area (Å²) in [7, 11) is 2.08. The topological polar surface area (TPSA) is 64.1 Å². The molecule has 0 atom stereocenters. The van der Waals surface area contributed by atoms with Gasteiger partial charge in [-0.1, -0.05) is 36.4 Å². The molecule has 2 heterocycles. The minimum absolute atomic E-state index is 0.00883. The van der Waals surface area contributed by atoms with Crippen LogP contribution in [0.1, 0.15) is 34.3 Å². The summed E-state index contributed by atoms with van der Waals surface area (Å²) in [6, 6.07) is 15.3. The van der Waals surface area contributed by atoms with Crippen molar-refractivity contribution in [2.45, 2.75) is 19.3 Å². The Hall–Kier alpha value is -2.86. The predicted octanol–water partition coefficient (Wildman–Crippen LogP) is 2.61. The molecule has 6 nitrogen and oxygen atoms in total. The summed E-state index contributed by atoms with van der Waals surface area (Å²) >= 11 is 0. The number of phenolic OH excluding ortho intramolecular Hbond substituents is 1. The first-order chi connectivity index (χ1) is 15.0. The number of nitrogens with zero attached hydrogens (tertiary/aromatic N) is 3. The molecular formula is C25H31N3O3. The first-order valence-corrected chi connectivity index (χ1v) is 11.1. The summed E-state index contributed by atoms with van der Waals surface area (Å²) in [5, 5.41) is 10.3. The van der Waals surface area contributed by atoms with Gasteiger partial charge in [0, 0.05) is 45.2 Å². The molecule has 2 saturated heterocycles. The van der Waals surface area contributed by atoms with Gasteiger partial charge in [0.05, 0.1) is 5.56 Å². The van der Waals surface area contributed by atoms with E-state index in [0.717, 1.165) is 37.3 Å². The first-order valence-electron chi connectivity index (χ1n) is 11.1. The zero-order valence-corrected chi connectivity index (χ0v) is 18.2. The Morgan fingerprint density at radius 2 is 1.55 bits per heavy atom. The van der Waals surface area contributed by atoms with Crippen LogP contribution in [0.15, 0.2) is 48.5 Å². The Labute approximate surface area is 184 Å². The van der Waals surface area contributed by atoms with Crippen LogP contribution >= 0.6 is 0 Å². The van der Waals surface area contributed by atoms with Gasteiger partial charge in [-0.15, -0.1) is 0 Å². The van der Waals surface area contributed by atoms with Crippen LogP contribution in [-0.4, -0.2) is 77.9 Å². The van der Waals surface area contributed by atoms with Crippen molar-refractivity contribution in [3.8, 4) is 5.75 Å². The lowest BCUT2D eigenvalue weighted by molar-refractivity contribution is -0.138. The van der Waals surface area contributed by atoms with Crippen molar-refractivity contribution < 1.29 is 14.7 Å². The number of likely N-dealkylation sites (N-methyl/N-ethyl adjacent to an activating group) is 1. The number of carbonyl (C=O) groups is 2. The molecular weight excluding hydrogens is 390 g/mol. The van der Waals surface area contributed by atoms with Crippen LogP contribution in [0.3, 0.4) is 0 Å². The monoisotopic (exact) mass is 421 g/mol. The molecule has 1 N–H and O–H groups in total. The van der Waals surface area contributed by atoms with Crippen molar-refractivity contribution >= 4 is 11.8 Å². The van der Waals surface area contributed by atoms with E-state index in [1.807, 2.05) is 29.2 Å². The number of piperidine rings is 1. The molecule has 0 radical (unpaired) electrons. The second-order valence-electron chi connectivity index (χ2n) is 8.71. The van der Waals surface area contributed by atoms with Gasteiger partial charge in [-0.25, -0.2) is 0 Å². The molecule has 2 aliphatic heterocycles. The number of likely N-dealkylation sites (tertiary alicyclic amines) is 1. The minimum Gasteiger partial charge on any atom is -0.507 e. The molecule has 2 amide bonds. The van der Waals surface area contributed by atoms with Crippen molar-refractivity contribution in [3.05, 3.63) is 65.2 Å². The molecule has 2 aromatic carbocycles. The maximum Gasteiger partial charge on any atom is 0.257 e. The van der Waals surface area contributed by atoms with E-state index in [-0.39, 0.29) is 23.5 Å². The molecule has 0 aliphatic carbocycles. The molecule has 0 aromatic heterocycles. The predicted molar refractivity (Wildman–Crippen MR) is 120 cm³/mol. The lowest BCUT2D eigenvalue weighted by atomic mass is 9.94. The summed E-state index contributed by atoms with van der Waals surface area (Å²) in [4.78, 5) is 31.9. The van der Waals surface area contributed by atoms with Gasteiger partial charge in [-0.05, 0) is 49.6 Å². The third-order valence-electron chi connectivity index (χ3n) is 6.49. The van der Waals surface area contributed by atoms with E-state index in [0.29, 0.717) is 37.9 Å². The molecule has 164 valence electrons. The lowest BCUT2D eigenvalue weighted by Gasteiger charge is -2.37. The fourth-order valence-electron chi connectivity index (χ4n) is 4.48. The Kier molecular flexibility index (Phi) is 6.56. The van der Waals surface area contributed by atoms with Crippen molar-refractivity contribution in [3.63, 3.8) is 0 Å². The summed E-state index contributed by atoms with van der Waals surface area (Å²) < 4.78 is 0. The van der Waals surface area contributed by atoms with E-state index >= 15 is 0 Å². The fourth-order valence-corrected chi connectivity index (χ4v) is 4.48.